The van der Waals surface area contributed by atoms with Gasteiger partial charge in [0.25, 0.3) is 0 Å². The predicted octanol–water partition coefficient (Wildman–Crippen LogP) is 4.49. The van der Waals surface area contributed by atoms with Gasteiger partial charge in [-0.3, -0.25) is 0 Å². The lowest BCUT2D eigenvalue weighted by Gasteiger charge is -2.39. The van der Waals surface area contributed by atoms with Gasteiger partial charge in [0.2, 0.25) is 0 Å². The van der Waals surface area contributed by atoms with E-state index in [-0.39, 0.29) is 0 Å². The highest BCUT2D eigenvalue weighted by atomic mass is 35.5. The summed E-state index contributed by atoms with van der Waals surface area (Å²) in [5, 5.41) is 4.41. The van der Waals surface area contributed by atoms with Gasteiger partial charge in [0, 0.05) is 6.04 Å². The van der Waals surface area contributed by atoms with Gasteiger partial charge in [0.15, 0.2) is 0 Å². The summed E-state index contributed by atoms with van der Waals surface area (Å²) in [7, 11) is 0. The van der Waals surface area contributed by atoms with Crippen LogP contribution in [0.3, 0.4) is 0 Å². The molecule has 1 fully saturated rings. The molecule has 0 saturated heterocycles. The highest BCUT2D eigenvalue weighted by molar-refractivity contribution is 6.33. The minimum absolute atomic E-state index is 0.617. The second kappa shape index (κ2) is 4.67. The number of rotatable bonds is 3. The van der Waals surface area contributed by atoms with Crippen molar-refractivity contribution in [3.05, 3.63) is 28.8 Å². The molecule has 1 aliphatic rings. The molecule has 2 rings (SSSR count). The zero-order chi connectivity index (χ0) is 11.7. The minimum atomic E-state index is 0.617. The number of para-hydroxylation sites is 1. The van der Waals surface area contributed by atoms with Crippen molar-refractivity contribution in [2.45, 2.75) is 39.7 Å². The van der Waals surface area contributed by atoms with Crippen molar-refractivity contribution < 1.29 is 0 Å². The van der Waals surface area contributed by atoms with Crippen molar-refractivity contribution in [3.63, 3.8) is 0 Å². The van der Waals surface area contributed by atoms with Crippen LogP contribution in [-0.4, -0.2) is 6.04 Å². The van der Waals surface area contributed by atoms with E-state index in [2.05, 4.69) is 32.2 Å². The lowest BCUT2D eigenvalue weighted by atomic mass is 9.73. The Morgan fingerprint density at radius 2 is 2.00 bits per heavy atom. The topological polar surface area (TPSA) is 12.0 Å². The molecule has 16 heavy (non-hydrogen) atoms. The molecule has 1 saturated carbocycles. The van der Waals surface area contributed by atoms with Crippen LogP contribution >= 0.6 is 11.6 Å². The van der Waals surface area contributed by atoms with E-state index < -0.39 is 0 Å². The highest BCUT2D eigenvalue weighted by Crippen LogP contribution is 2.37. The zero-order valence-electron chi connectivity index (χ0n) is 10.3. The lowest BCUT2D eigenvalue weighted by Crippen LogP contribution is -2.38. The van der Waals surface area contributed by atoms with E-state index in [0.29, 0.717) is 6.04 Å². The summed E-state index contributed by atoms with van der Waals surface area (Å²) in [4.78, 5) is 0. The Morgan fingerprint density at radius 1 is 1.31 bits per heavy atom. The number of aryl methyl sites for hydroxylation is 1. The Balaban J connectivity index is 1.96. The molecule has 0 radical (unpaired) electrons. The van der Waals surface area contributed by atoms with Crippen LogP contribution < -0.4 is 5.32 Å². The van der Waals surface area contributed by atoms with Crippen LogP contribution in [0.4, 0.5) is 5.69 Å². The fourth-order valence-corrected chi connectivity index (χ4v) is 2.62. The number of halogens is 1. The molecule has 0 aromatic heterocycles. The standard InChI is InChI=1S/C14H20ClN/c1-9(2)11-7-12(8-11)16-14-10(3)5-4-6-13(14)15/h4-6,9,11-12,16H,7-8H2,1-3H3. The fraction of sp³-hybridized carbons (Fsp3) is 0.571. The van der Waals surface area contributed by atoms with Gasteiger partial charge < -0.3 is 5.32 Å². The van der Waals surface area contributed by atoms with Gasteiger partial charge in [-0.05, 0) is 43.2 Å². The Hall–Kier alpha value is -0.690. The van der Waals surface area contributed by atoms with Crippen molar-refractivity contribution in [1.29, 1.82) is 0 Å². The van der Waals surface area contributed by atoms with Gasteiger partial charge >= 0.3 is 0 Å². The SMILES string of the molecule is Cc1cccc(Cl)c1NC1CC(C(C)C)C1. The molecule has 0 aliphatic heterocycles. The summed E-state index contributed by atoms with van der Waals surface area (Å²) in [5.74, 6) is 1.70. The molecule has 1 aromatic rings. The van der Waals surface area contributed by atoms with Crippen LogP contribution in [0.15, 0.2) is 18.2 Å². The van der Waals surface area contributed by atoms with Crippen molar-refractivity contribution in [1.82, 2.24) is 0 Å². The molecule has 2 heteroatoms. The van der Waals surface area contributed by atoms with E-state index in [1.165, 1.54) is 18.4 Å². The molecule has 0 spiro atoms. The van der Waals surface area contributed by atoms with E-state index in [1.807, 2.05) is 12.1 Å². The first-order chi connectivity index (χ1) is 7.58. The van der Waals surface area contributed by atoms with Crippen LogP contribution in [0.2, 0.25) is 5.02 Å². The number of hydrogen-bond acceptors (Lipinski definition) is 1. The largest absolute Gasteiger partial charge is 0.381 e. The second-order valence-corrected chi connectivity index (χ2v) is 5.66. The van der Waals surface area contributed by atoms with Gasteiger partial charge in [-0.25, -0.2) is 0 Å². The molecule has 1 aliphatic carbocycles. The smallest absolute Gasteiger partial charge is 0.0640 e. The summed E-state index contributed by atoms with van der Waals surface area (Å²) in [6.07, 6.45) is 2.56. The van der Waals surface area contributed by atoms with Gasteiger partial charge in [-0.15, -0.1) is 0 Å². The number of hydrogen-bond donors (Lipinski definition) is 1. The van der Waals surface area contributed by atoms with Crippen LogP contribution in [0, 0.1) is 18.8 Å². The fourth-order valence-electron chi connectivity index (χ4n) is 2.34. The Bertz CT molecular complexity index is 347. The normalized spacial score (nSPS) is 24.3. The molecule has 1 nitrogen and oxygen atoms in total. The third-order valence-corrected chi connectivity index (χ3v) is 4.00. The van der Waals surface area contributed by atoms with Gasteiger partial charge in [0.05, 0.1) is 10.7 Å². The van der Waals surface area contributed by atoms with Crippen LogP contribution in [0.5, 0.6) is 0 Å². The van der Waals surface area contributed by atoms with Gasteiger partial charge in [-0.1, -0.05) is 37.6 Å². The van der Waals surface area contributed by atoms with E-state index in [0.717, 1.165) is 22.5 Å². The summed E-state index contributed by atoms with van der Waals surface area (Å²) in [6.45, 7) is 6.72. The zero-order valence-corrected chi connectivity index (χ0v) is 11.0. The van der Waals surface area contributed by atoms with E-state index in [9.17, 15) is 0 Å². The molecule has 0 bridgehead atoms. The third-order valence-electron chi connectivity index (χ3n) is 3.69. The maximum absolute atomic E-state index is 6.19. The molecule has 0 amide bonds. The monoisotopic (exact) mass is 237 g/mol. The number of nitrogens with one attached hydrogen (secondary N) is 1. The third kappa shape index (κ3) is 2.35. The first-order valence-corrected chi connectivity index (χ1v) is 6.47. The summed E-state index contributed by atoms with van der Waals surface area (Å²) in [5.41, 5.74) is 2.36. The average molecular weight is 238 g/mol. The molecule has 0 unspecified atom stereocenters. The summed E-state index contributed by atoms with van der Waals surface area (Å²) < 4.78 is 0. The van der Waals surface area contributed by atoms with Crippen LogP contribution in [0.1, 0.15) is 32.3 Å². The molecular formula is C14H20ClN. The quantitative estimate of drug-likeness (QED) is 0.817. The molecule has 0 heterocycles. The first kappa shape index (κ1) is 11.8. The van der Waals surface area contributed by atoms with E-state index >= 15 is 0 Å². The molecular weight excluding hydrogens is 218 g/mol. The van der Waals surface area contributed by atoms with Gasteiger partial charge in [0.1, 0.15) is 0 Å². The summed E-state index contributed by atoms with van der Waals surface area (Å²) in [6, 6.07) is 6.68. The van der Waals surface area contributed by atoms with Crippen molar-refractivity contribution in [2.75, 3.05) is 5.32 Å². The first-order valence-electron chi connectivity index (χ1n) is 6.09. The predicted molar refractivity (Wildman–Crippen MR) is 71.2 cm³/mol. The van der Waals surface area contributed by atoms with Gasteiger partial charge in [-0.2, -0.15) is 0 Å². The maximum atomic E-state index is 6.19. The lowest BCUT2D eigenvalue weighted by molar-refractivity contribution is 0.212. The number of benzene rings is 1. The van der Waals surface area contributed by atoms with Crippen molar-refractivity contribution >= 4 is 17.3 Å². The minimum Gasteiger partial charge on any atom is -0.381 e. The second-order valence-electron chi connectivity index (χ2n) is 5.25. The van der Waals surface area contributed by atoms with E-state index in [1.54, 1.807) is 0 Å². The molecule has 88 valence electrons. The summed E-state index contributed by atoms with van der Waals surface area (Å²) >= 11 is 6.19. The van der Waals surface area contributed by atoms with E-state index in [4.69, 9.17) is 11.6 Å². The van der Waals surface area contributed by atoms with Crippen LogP contribution in [-0.2, 0) is 0 Å². The van der Waals surface area contributed by atoms with Crippen molar-refractivity contribution in [2.24, 2.45) is 11.8 Å². The average Bonchev–Trinajstić information content (AvgIpc) is 2.13. The Labute approximate surface area is 103 Å². The van der Waals surface area contributed by atoms with Crippen LogP contribution in [0.25, 0.3) is 0 Å². The molecule has 1 N–H and O–H groups in total. The maximum Gasteiger partial charge on any atom is 0.0640 e. The van der Waals surface area contributed by atoms with Crippen molar-refractivity contribution in [3.8, 4) is 0 Å². The highest BCUT2D eigenvalue weighted by Gasteiger charge is 2.31. The Morgan fingerprint density at radius 3 is 2.56 bits per heavy atom. The Kier molecular flexibility index (Phi) is 3.44. The number of anilines is 1. The molecule has 1 aromatic carbocycles. The molecule has 0 atom stereocenters.